The van der Waals surface area contributed by atoms with Crippen molar-refractivity contribution in [1.82, 2.24) is 55.5 Å². The van der Waals surface area contributed by atoms with Gasteiger partial charge in [-0.15, -0.1) is 16.6 Å². The summed E-state index contributed by atoms with van der Waals surface area (Å²) in [6.45, 7) is 14.1. The normalized spacial score (nSPS) is 18.9. The van der Waals surface area contributed by atoms with Crippen LogP contribution in [0.3, 0.4) is 0 Å². The number of aromatic hydroxyl groups is 3. The van der Waals surface area contributed by atoms with Crippen molar-refractivity contribution in [3.05, 3.63) is 101 Å². The minimum atomic E-state index is -0.596. The average molecular weight is 1000 g/mol. The van der Waals surface area contributed by atoms with Crippen LogP contribution in [0.1, 0.15) is 79.7 Å². The lowest BCUT2D eigenvalue weighted by molar-refractivity contribution is 0.0943. The number of terminal acetylenes is 1. The second kappa shape index (κ2) is 21.6. The molecule has 7 aromatic rings. The lowest BCUT2D eigenvalue weighted by Gasteiger charge is -2.34. The largest absolute Gasteiger partial charge is 0.508 e. The van der Waals surface area contributed by atoms with Gasteiger partial charge in [-0.05, 0) is 105 Å². The SMILES string of the molecule is C#Cc1cccc2cc(O)cc(-c3ncc4c(N5CC6CCC(C5)N6)nc(OC[C@@H]5CCCN5C)nc4c3F)c12.CCNC(=O)c1nnc(-c2cc(C(C)C)c(O)cc2O)n1-c1ccc(CN2CCNCC2)cc1. The van der Waals surface area contributed by atoms with Gasteiger partial charge in [0.05, 0.1) is 10.9 Å². The molecule has 4 aromatic carbocycles. The van der Waals surface area contributed by atoms with Gasteiger partial charge >= 0.3 is 6.01 Å². The Bertz CT molecular complexity index is 3230. The fraction of sp³-hybridized carbons (Fsp3) is 0.393. The van der Waals surface area contributed by atoms with Gasteiger partial charge in [-0.25, -0.2) is 4.39 Å². The van der Waals surface area contributed by atoms with Gasteiger partial charge in [0.1, 0.15) is 40.9 Å². The lowest BCUT2D eigenvalue weighted by atomic mass is 9.96. The minimum absolute atomic E-state index is 0.00217. The zero-order valence-corrected chi connectivity index (χ0v) is 42.3. The van der Waals surface area contributed by atoms with Crippen molar-refractivity contribution in [1.29, 1.82) is 0 Å². The van der Waals surface area contributed by atoms with E-state index in [-0.39, 0.29) is 58.2 Å². The van der Waals surface area contributed by atoms with Gasteiger partial charge in [0, 0.05) is 105 Å². The maximum atomic E-state index is 16.6. The van der Waals surface area contributed by atoms with Crippen LogP contribution in [-0.4, -0.2) is 145 Å². The van der Waals surface area contributed by atoms with Crippen LogP contribution in [0.2, 0.25) is 0 Å². The number of nitrogens with zero attached hydrogens (tertiary/aromatic N) is 9. The van der Waals surface area contributed by atoms with Crippen LogP contribution in [-0.2, 0) is 6.54 Å². The van der Waals surface area contributed by atoms with Crippen LogP contribution in [0.15, 0.2) is 72.9 Å². The van der Waals surface area contributed by atoms with Crippen molar-refractivity contribution in [2.45, 2.75) is 77.0 Å². The molecule has 11 rings (SSSR count). The summed E-state index contributed by atoms with van der Waals surface area (Å²) in [6, 6.07) is 20.7. The molecule has 4 aliphatic heterocycles. The number of anilines is 1. The number of nitrogens with one attached hydrogen (secondary N) is 3. The number of benzene rings is 4. The molecule has 1 amide bonds. The topological polar surface area (TPSA) is 202 Å². The first-order valence-corrected chi connectivity index (χ1v) is 25.6. The van der Waals surface area contributed by atoms with Crippen molar-refractivity contribution in [3.8, 4) is 63.9 Å². The number of phenolic OH excluding ortho intramolecular Hbond substituents is 3. The Morgan fingerprint density at radius 3 is 2.42 bits per heavy atom. The highest BCUT2D eigenvalue weighted by Gasteiger charge is 2.35. The predicted molar refractivity (Wildman–Crippen MR) is 284 cm³/mol. The highest BCUT2D eigenvalue weighted by Crippen LogP contribution is 2.40. The fourth-order valence-electron chi connectivity index (χ4n) is 10.8. The number of pyridine rings is 1. The van der Waals surface area contributed by atoms with E-state index in [4.69, 9.17) is 16.1 Å². The van der Waals surface area contributed by atoms with Crippen molar-refractivity contribution in [3.63, 3.8) is 0 Å². The van der Waals surface area contributed by atoms with Gasteiger partial charge in [-0.2, -0.15) is 9.97 Å². The smallest absolute Gasteiger partial charge is 0.319 e. The summed E-state index contributed by atoms with van der Waals surface area (Å²) >= 11 is 0. The molecule has 0 aliphatic carbocycles. The van der Waals surface area contributed by atoms with E-state index in [0.29, 0.717) is 81.0 Å². The van der Waals surface area contributed by atoms with Crippen LogP contribution in [0.4, 0.5) is 10.2 Å². The quantitative estimate of drug-likeness (QED) is 0.0705. The summed E-state index contributed by atoms with van der Waals surface area (Å²) in [5.41, 5.74) is 4.19. The zero-order chi connectivity index (χ0) is 51.6. The number of phenols is 3. The van der Waals surface area contributed by atoms with Crippen LogP contribution < -0.4 is 25.6 Å². The van der Waals surface area contributed by atoms with Crippen molar-refractivity contribution < 1.29 is 29.2 Å². The van der Waals surface area contributed by atoms with E-state index in [0.717, 1.165) is 78.0 Å². The second-order valence-corrected chi connectivity index (χ2v) is 20.0. The summed E-state index contributed by atoms with van der Waals surface area (Å²) in [6.07, 6.45) is 11.8. The van der Waals surface area contributed by atoms with E-state index < -0.39 is 5.82 Å². The van der Waals surface area contributed by atoms with Crippen molar-refractivity contribution in [2.24, 2.45) is 0 Å². The summed E-state index contributed by atoms with van der Waals surface area (Å²) in [4.78, 5) is 33.6. The standard InChI is InChI=1S/C31H31FN6O2.C25H32N6O3/c1-3-18-6-4-7-19-12-23(39)13-24(26(18)19)28-27(32)29-25(14-33-28)30(38-15-20-9-10-21(16-38)34-20)36-31(35-29)40-17-22-8-5-11-37(22)2;1-4-27-25(34)24-29-28-23(20-13-19(16(2)3)21(32)14-22(20)33)31(24)18-7-5-17(6-8-18)15-30-11-9-26-10-12-30/h1,4,6-7,12-14,20-22,34,39H,5,8-11,15-17H2,2H3;5-8,13-14,16,26,32-33H,4,9-12,15H2,1-3H3,(H,27,34)/t20?,21?,22-;/m0./s1. The highest BCUT2D eigenvalue weighted by atomic mass is 19.1. The Balaban J connectivity index is 0.000000172. The molecule has 0 saturated carbocycles. The molecule has 7 heterocycles. The van der Waals surface area contributed by atoms with Crippen LogP contribution >= 0.6 is 0 Å². The van der Waals surface area contributed by atoms with Crippen LogP contribution in [0.25, 0.3) is 50.0 Å². The Morgan fingerprint density at radius 1 is 0.946 bits per heavy atom. The number of rotatable bonds is 12. The second-order valence-electron chi connectivity index (χ2n) is 20.0. The monoisotopic (exact) mass is 1000 g/mol. The van der Waals surface area contributed by atoms with E-state index >= 15 is 4.39 Å². The predicted octanol–water partition coefficient (Wildman–Crippen LogP) is 6.71. The molecule has 4 aliphatic rings. The number of likely N-dealkylation sites (tertiary alicyclic amines) is 1. The number of piperazine rings is 2. The zero-order valence-electron chi connectivity index (χ0n) is 42.3. The number of carbonyl (C=O) groups excluding carboxylic acids is 1. The van der Waals surface area contributed by atoms with E-state index in [1.165, 1.54) is 17.7 Å². The first-order chi connectivity index (χ1) is 35.9. The number of fused-ring (bicyclic) bond motifs is 4. The Kier molecular flexibility index (Phi) is 14.6. The maximum absolute atomic E-state index is 16.6. The van der Waals surface area contributed by atoms with Crippen molar-refractivity contribution >= 4 is 33.4 Å². The molecule has 6 N–H and O–H groups in total. The molecule has 18 heteroatoms. The molecule has 384 valence electrons. The third-order valence-corrected chi connectivity index (χ3v) is 14.6. The molecule has 74 heavy (non-hydrogen) atoms. The van der Waals surface area contributed by atoms with Gasteiger partial charge in [-0.3, -0.25) is 19.2 Å². The fourth-order valence-corrected chi connectivity index (χ4v) is 10.8. The van der Waals surface area contributed by atoms with Crippen LogP contribution in [0.5, 0.6) is 23.3 Å². The number of hydrogen-bond acceptors (Lipinski definition) is 15. The molecule has 4 saturated heterocycles. The van der Waals surface area contributed by atoms with E-state index in [9.17, 15) is 20.1 Å². The summed E-state index contributed by atoms with van der Waals surface area (Å²) < 4.78 is 24.4. The first-order valence-electron chi connectivity index (χ1n) is 25.6. The van der Waals surface area contributed by atoms with Gasteiger partial charge in [0.15, 0.2) is 11.6 Å². The molecule has 0 spiro atoms. The third kappa shape index (κ3) is 10.2. The van der Waals surface area contributed by atoms with Gasteiger partial charge in [-0.1, -0.05) is 44.0 Å². The van der Waals surface area contributed by atoms with Crippen molar-refractivity contribution in [2.75, 3.05) is 70.9 Å². The molecule has 17 nitrogen and oxygen atoms in total. The number of halogens is 1. The number of amides is 1. The summed E-state index contributed by atoms with van der Waals surface area (Å²) in [5.74, 6) is 2.75. The molecule has 2 unspecified atom stereocenters. The Hall–Kier alpha value is -7.43. The summed E-state index contributed by atoms with van der Waals surface area (Å²) in [7, 11) is 2.09. The third-order valence-electron chi connectivity index (χ3n) is 14.6. The van der Waals surface area contributed by atoms with Gasteiger partial charge in [0.2, 0.25) is 5.82 Å². The van der Waals surface area contributed by atoms with E-state index in [1.807, 2.05) is 57.2 Å². The lowest BCUT2D eigenvalue weighted by Crippen LogP contribution is -2.51. The molecular formula is C56H63FN12O5. The summed E-state index contributed by atoms with van der Waals surface area (Å²) in [5, 5.41) is 51.5. The number of carbonyl (C=O) groups is 1. The van der Waals surface area contributed by atoms with Gasteiger partial charge in [0.25, 0.3) is 5.91 Å². The van der Waals surface area contributed by atoms with E-state index in [1.54, 1.807) is 29.0 Å². The number of ether oxygens (including phenoxy) is 1. The van der Waals surface area contributed by atoms with Crippen LogP contribution in [0, 0.1) is 18.2 Å². The molecule has 0 radical (unpaired) electrons. The maximum Gasteiger partial charge on any atom is 0.319 e. The first kappa shape index (κ1) is 50.1. The Morgan fingerprint density at radius 2 is 1.72 bits per heavy atom. The molecule has 2 bridgehead atoms. The van der Waals surface area contributed by atoms with E-state index in [2.05, 4.69) is 63.8 Å². The molecule has 3 aromatic heterocycles. The number of hydrogen-bond donors (Lipinski definition) is 6. The molecular weight excluding hydrogens is 940 g/mol. The number of likely N-dealkylation sites (N-methyl/N-ethyl adjacent to an activating group) is 1. The molecule has 3 atom stereocenters. The molecule has 4 fully saturated rings. The Labute approximate surface area is 429 Å². The average Bonchev–Trinajstić information content (AvgIpc) is 4.13. The van der Waals surface area contributed by atoms with Gasteiger partial charge < -0.3 is 45.8 Å². The minimum Gasteiger partial charge on any atom is -0.508 e. The number of aromatic nitrogens is 6. The highest BCUT2D eigenvalue weighted by molar-refractivity contribution is 6.03.